The average molecular weight is 431 g/mol. The number of nitriles is 1. The molecule has 2 aromatic rings. The van der Waals surface area contributed by atoms with Crippen molar-refractivity contribution in [1.82, 2.24) is 0 Å². The first-order chi connectivity index (χ1) is 9.83. The lowest BCUT2D eigenvalue weighted by Gasteiger charge is -2.11. The summed E-state index contributed by atoms with van der Waals surface area (Å²) >= 11 is 6.41. The maximum Gasteiger partial charge on any atom is 0.263 e. The number of nitrogens with one attached hydrogen (secondary N) is 1. The van der Waals surface area contributed by atoms with E-state index >= 15 is 0 Å². The molecule has 0 saturated heterocycles. The number of hydrogen-bond acceptors (Lipinski definition) is 4. The minimum Gasteiger partial charge on any atom is -0.399 e. The van der Waals surface area contributed by atoms with Crippen molar-refractivity contribution in [3.8, 4) is 6.07 Å². The largest absolute Gasteiger partial charge is 0.399 e. The van der Waals surface area contributed by atoms with Crippen molar-refractivity contribution in [1.29, 1.82) is 5.26 Å². The summed E-state index contributed by atoms with van der Waals surface area (Å²) in [6, 6.07) is 11.1. The van der Waals surface area contributed by atoms with Crippen molar-refractivity contribution in [2.45, 2.75) is 4.90 Å². The molecule has 0 aliphatic heterocycles. The van der Waals surface area contributed by atoms with Crippen LogP contribution in [0.3, 0.4) is 0 Å². The van der Waals surface area contributed by atoms with Gasteiger partial charge < -0.3 is 5.73 Å². The molecule has 0 heterocycles. The molecule has 2 rings (SSSR count). The number of nitrogen functional groups attached to an aromatic ring is 1. The number of sulfonamides is 1. The SMILES string of the molecule is N#Cc1cc(Br)ccc1NS(=O)(=O)c1cc(N)ccc1Br. The summed E-state index contributed by atoms with van der Waals surface area (Å²) in [4.78, 5) is 0.00862. The van der Waals surface area contributed by atoms with Crippen LogP contribution >= 0.6 is 31.9 Å². The number of benzene rings is 2. The van der Waals surface area contributed by atoms with E-state index in [9.17, 15) is 8.42 Å². The molecule has 0 saturated carbocycles. The molecule has 0 bridgehead atoms. The summed E-state index contributed by atoms with van der Waals surface area (Å²) in [5, 5.41) is 9.07. The Balaban J connectivity index is 2.48. The second-order valence-corrected chi connectivity index (χ2v) is 7.52. The molecule has 5 nitrogen and oxygen atoms in total. The van der Waals surface area contributed by atoms with Crippen LogP contribution in [-0.2, 0) is 10.0 Å². The van der Waals surface area contributed by atoms with Gasteiger partial charge in [-0.05, 0) is 52.3 Å². The Bertz CT molecular complexity index is 845. The smallest absolute Gasteiger partial charge is 0.263 e. The molecule has 0 radical (unpaired) electrons. The molecule has 0 aromatic heterocycles. The standard InChI is InChI=1S/C13H9Br2N3O2S/c14-9-1-4-12(8(5-9)7-16)18-21(19,20)13-6-10(17)2-3-11(13)15/h1-6,18H,17H2. The first kappa shape index (κ1) is 15.8. The van der Waals surface area contributed by atoms with Crippen LogP contribution in [0.4, 0.5) is 11.4 Å². The fourth-order valence-electron chi connectivity index (χ4n) is 1.62. The van der Waals surface area contributed by atoms with E-state index < -0.39 is 10.0 Å². The Morgan fingerprint density at radius 1 is 1.14 bits per heavy atom. The minimum absolute atomic E-state index is 0.00862. The van der Waals surface area contributed by atoms with Crippen LogP contribution in [0.25, 0.3) is 0 Å². The molecule has 8 heteroatoms. The summed E-state index contributed by atoms with van der Waals surface area (Å²) < 4.78 is 28.3. The molecule has 0 aliphatic rings. The van der Waals surface area contributed by atoms with Gasteiger partial charge in [0.2, 0.25) is 0 Å². The Kier molecular flexibility index (Phi) is 4.56. The zero-order valence-electron chi connectivity index (χ0n) is 10.5. The van der Waals surface area contributed by atoms with Gasteiger partial charge in [0.05, 0.1) is 11.3 Å². The second-order valence-electron chi connectivity index (χ2n) is 4.10. The third kappa shape index (κ3) is 3.56. The van der Waals surface area contributed by atoms with Crippen molar-refractivity contribution in [3.63, 3.8) is 0 Å². The molecular formula is C13H9Br2N3O2S. The van der Waals surface area contributed by atoms with E-state index in [0.717, 1.165) is 0 Å². The van der Waals surface area contributed by atoms with Crippen LogP contribution in [0.1, 0.15) is 5.56 Å². The lowest BCUT2D eigenvalue weighted by molar-refractivity contribution is 0.601. The molecule has 0 amide bonds. The molecule has 0 unspecified atom stereocenters. The molecule has 3 N–H and O–H groups in total. The number of anilines is 2. The summed E-state index contributed by atoms with van der Waals surface area (Å²) in [5.74, 6) is 0. The second kappa shape index (κ2) is 6.05. The normalized spacial score (nSPS) is 10.9. The minimum atomic E-state index is -3.86. The van der Waals surface area contributed by atoms with Crippen molar-refractivity contribution in [2.75, 3.05) is 10.5 Å². The first-order valence-corrected chi connectivity index (χ1v) is 8.68. The van der Waals surface area contributed by atoms with Crippen molar-refractivity contribution in [2.24, 2.45) is 0 Å². The van der Waals surface area contributed by atoms with Crippen molar-refractivity contribution >= 4 is 53.3 Å². The van der Waals surface area contributed by atoms with Gasteiger partial charge >= 0.3 is 0 Å². The van der Waals surface area contributed by atoms with E-state index in [4.69, 9.17) is 11.0 Å². The van der Waals surface area contributed by atoms with E-state index in [1.165, 1.54) is 18.2 Å². The van der Waals surface area contributed by atoms with Gasteiger partial charge in [0.25, 0.3) is 10.0 Å². The van der Waals surface area contributed by atoms with Crippen LogP contribution in [0, 0.1) is 11.3 Å². The number of hydrogen-bond donors (Lipinski definition) is 2. The van der Waals surface area contributed by atoms with E-state index in [0.29, 0.717) is 14.6 Å². The molecule has 0 aliphatic carbocycles. The summed E-state index contributed by atoms with van der Waals surface area (Å²) in [6.07, 6.45) is 0. The van der Waals surface area contributed by atoms with Crippen LogP contribution in [0.2, 0.25) is 0 Å². The zero-order valence-corrected chi connectivity index (χ0v) is 14.5. The Hall–Kier alpha value is -1.56. The summed E-state index contributed by atoms with van der Waals surface area (Å²) in [6.45, 7) is 0. The highest BCUT2D eigenvalue weighted by Crippen LogP contribution is 2.28. The van der Waals surface area contributed by atoms with Crippen LogP contribution in [0.5, 0.6) is 0 Å². The lowest BCUT2D eigenvalue weighted by Crippen LogP contribution is -2.14. The van der Waals surface area contributed by atoms with E-state index in [2.05, 4.69) is 36.6 Å². The quantitative estimate of drug-likeness (QED) is 0.728. The molecule has 108 valence electrons. The Morgan fingerprint density at radius 2 is 1.86 bits per heavy atom. The fraction of sp³-hybridized carbons (Fsp3) is 0. The van der Waals surface area contributed by atoms with Crippen molar-refractivity contribution in [3.05, 3.63) is 50.9 Å². The zero-order chi connectivity index (χ0) is 15.6. The predicted molar refractivity (Wildman–Crippen MR) is 88.2 cm³/mol. The molecule has 2 aromatic carbocycles. The van der Waals surface area contributed by atoms with Gasteiger partial charge in [-0.2, -0.15) is 5.26 Å². The van der Waals surface area contributed by atoms with Crippen LogP contribution < -0.4 is 10.5 Å². The van der Waals surface area contributed by atoms with Gasteiger partial charge in [-0.25, -0.2) is 8.42 Å². The number of nitrogens with two attached hydrogens (primary N) is 1. The van der Waals surface area contributed by atoms with Gasteiger partial charge in [0.1, 0.15) is 11.0 Å². The van der Waals surface area contributed by atoms with E-state index in [-0.39, 0.29) is 16.1 Å². The Morgan fingerprint density at radius 3 is 2.52 bits per heavy atom. The number of rotatable bonds is 3. The summed E-state index contributed by atoms with van der Waals surface area (Å²) in [5.41, 5.74) is 6.37. The average Bonchev–Trinajstić information content (AvgIpc) is 2.43. The fourth-order valence-corrected chi connectivity index (χ4v) is 4.06. The van der Waals surface area contributed by atoms with Gasteiger partial charge in [0, 0.05) is 14.6 Å². The van der Waals surface area contributed by atoms with E-state index in [1.807, 2.05) is 6.07 Å². The highest BCUT2D eigenvalue weighted by Gasteiger charge is 2.19. The molecular weight excluding hydrogens is 422 g/mol. The van der Waals surface area contributed by atoms with Gasteiger partial charge in [-0.15, -0.1) is 0 Å². The van der Waals surface area contributed by atoms with E-state index in [1.54, 1.807) is 18.2 Å². The van der Waals surface area contributed by atoms with Gasteiger partial charge in [0.15, 0.2) is 0 Å². The molecule has 0 atom stereocenters. The molecule has 21 heavy (non-hydrogen) atoms. The molecule has 0 spiro atoms. The maximum absolute atomic E-state index is 12.4. The lowest BCUT2D eigenvalue weighted by atomic mass is 10.2. The number of nitrogens with zero attached hydrogens (tertiary/aromatic N) is 1. The highest BCUT2D eigenvalue weighted by molar-refractivity contribution is 9.10. The van der Waals surface area contributed by atoms with Crippen molar-refractivity contribution < 1.29 is 8.42 Å². The van der Waals surface area contributed by atoms with Crippen LogP contribution in [0.15, 0.2) is 50.2 Å². The predicted octanol–water partition coefficient (Wildman–Crippen LogP) is 3.47. The monoisotopic (exact) mass is 429 g/mol. The maximum atomic E-state index is 12.4. The topological polar surface area (TPSA) is 96.0 Å². The Labute approximate surface area is 139 Å². The van der Waals surface area contributed by atoms with Gasteiger partial charge in [-0.1, -0.05) is 15.9 Å². The number of halogens is 2. The first-order valence-electron chi connectivity index (χ1n) is 5.61. The van der Waals surface area contributed by atoms with Gasteiger partial charge in [-0.3, -0.25) is 4.72 Å². The third-order valence-corrected chi connectivity index (χ3v) is 5.44. The van der Waals surface area contributed by atoms with Crippen LogP contribution in [-0.4, -0.2) is 8.42 Å². The third-order valence-electron chi connectivity index (χ3n) is 2.59. The summed E-state index contributed by atoms with van der Waals surface area (Å²) in [7, 11) is -3.86. The molecule has 0 fully saturated rings. The highest BCUT2D eigenvalue weighted by atomic mass is 79.9.